The number of carbonyl (C=O) groups excluding carboxylic acids is 6. The van der Waals surface area contributed by atoms with Crippen LogP contribution in [0.1, 0.15) is 71.9 Å². The molecule has 14 heteroatoms. The number of hydrogen-bond acceptors (Lipinski definition) is 10. The third kappa shape index (κ3) is 6.79. The molecule has 0 unspecified atom stereocenters. The van der Waals surface area contributed by atoms with Gasteiger partial charge in [0.1, 0.15) is 22.9 Å². The zero-order valence-corrected chi connectivity index (χ0v) is 34.9. The number of nitrogens with zero attached hydrogens (tertiary/aromatic N) is 2. The van der Waals surface area contributed by atoms with E-state index >= 15 is 0 Å². The van der Waals surface area contributed by atoms with Crippen LogP contribution in [-0.2, 0) is 47.7 Å². The maximum Gasteiger partial charge on any atom is 0.332 e. The maximum atomic E-state index is 13.6. The van der Waals surface area contributed by atoms with Crippen LogP contribution in [0.2, 0.25) is 10.0 Å². The summed E-state index contributed by atoms with van der Waals surface area (Å²) in [4.78, 5) is 82.4. The lowest BCUT2D eigenvalue weighted by atomic mass is 9.74. The van der Waals surface area contributed by atoms with Gasteiger partial charge in [0.15, 0.2) is 0 Å². The molecule has 0 N–H and O–H groups in total. The van der Waals surface area contributed by atoms with E-state index in [2.05, 4.69) is 0 Å². The van der Waals surface area contributed by atoms with E-state index in [9.17, 15) is 28.8 Å². The minimum Gasteiger partial charge on any atom is -0.468 e. The predicted molar refractivity (Wildman–Crippen MR) is 219 cm³/mol. The number of hydrogen-bond donors (Lipinski definition) is 0. The molecule has 0 saturated carbocycles. The molecule has 4 fully saturated rings. The number of amides is 2. The summed E-state index contributed by atoms with van der Waals surface area (Å²) in [5.41, 5.74) is 0.607. The van der Waals surface area contributed by atoms with Crippen molar-refractivity contribution < 1.29 is 47.7 Å². The van der Waals surface area contributed by atoms with Crippen LogP contribution < -0.4 is 0 Å². The quantitative estimate of drug-likeness (QED) is 0.103. The van der Waals surface area contributed by atoms with Gasteiger partial charge >= 0.3 is 23.9 Å². The average Bonchev–Trinajstić information content (AvgIpc) is 4.01. The van der Waals surface area contributed by atoms with Crippen molar-refractivity contribution in [3.63, 3.8) is 0 Å². The van der Waals surface area contributed by atoms with Gasteiger partial charge in [-0.1, -0.05) is 108 Å². The molecule has 4 heterocycles. The number of carbonyl (C=O) groups is 6. The van der Waals surface area contributed by atoms with Crippen molar-refractivity contribution >= 4 is 58.9 Å². The molecule has 0 aromatic heterocycles. The van der Waals surface area contributed by atoms with Crippen molar-refractivity contribution in [3.05, 3.63) is 141 Å². The van der Waals surface area contributed by atoms with Gasteiger partial charge in [-0.2, -0.15) is 0 Å². The molecule has 4 aromatic carbocycles. The summed E-state index contributed by atoms with van der Waals surface area (Å²) < 4.78 is 20.4. The van der Waals surface area contributed by atoms with Crippen LogP contribution in [0.5, 0.6) is 0 Å². The number of rotatable bonds is 8. The van der Waals surface area contributed by atoms with E-state index in [4.69, 9.17) is 42.1 Å². The van der Waals surface area contributed by atoms with E-state index in [1.165, 1.54) is 28.4 Å². The van der Waals surface area contributed by atoms with Gasteiger partial charge < -0.3 is 28.7 Å². The largest absolute Gasteiger partial charge is 0.468 e. The molecule has 0 aliphatic carbocycles. The summed E-state index contributed by atoms with van der Waals surface area (Å²) in [6, 6.07) is 32.0. The highest BCUT2D eigenvalue weighted by Gasteiger charge is 2.71. The zero-order chi connectivity index (χ0) is 42.9. The molecule has 8 atom stereocenters. The third-order valence-electron chi connectivity index (χ3n) is 12.6. The monoisotopic (exact) mass is 854 g/mol. The Morgan fingerprint density at radius 1 is 0.500 bits per heavy atom. The second-order valence-electron chi connectivity index (χ2n) is 15.2. The van der Waals surface area contributed by atoms with Crippen LogP contribution in [0.4, 0.5) is 0 Å². The second kappa shape index (κ2) is 17.1. The Morgan fingerprint density at radius 2 is 0.833 bits per heavy atom. The van der Waals surface area contributed by atoms with Crippen molar-refractivity contribution in [1.82, 2.24) is 9.80 Å². The van der Waals surface area contributed by atoms with Crippen molar-refractivity contribution in [2.24, 2.45) is 11.8 Å². The van der Waals surface area contributed by atoms with Crippen molar-refractivity contribution in [3.8, 4) is 0 Å². The standard InChI is InChI=1S/2C23H22ClNO5/c2*1-29-21(27)18-19(15-6-4-3-5-7-15)23(22(28)30-2)13-12-17(25(23)20(18)26)14-8-10-16(24)11-9-14/h2*3-11,17-19H,12-13H2,1-2H3/t2*17-,18+,19+,23+/m00/s1. The van der Waals surface area contributed by atoms with Gasteiger partial charge in [0.05, 0.1) is 40.5 Å². The summed E-state index contributed by atoms with van der Waals surface area (Å²) in [6.45, 7) is 0. The van der Waals surface area contributed by atoms with E-state index in [0.29, 0.717) is 35.7 Å². The Labute approximate surface area is 357 Å². The number of halogens is 2. The molecule has 12 nitrogen and oxygen atoms in total. The van der Waals surface area contributed by atoms with Gasteiger partial charge in [0.25, 0.3) is 0 Å². The Bertz CT molecular complexity index is 2110. The second-order valence-corrected chi connectivity index (χ2v) is 16.1. The lowest BCUT2D eigenvalue weighted by molar-refractivity contribution is -0.157. The van der Waals surface area contributed by atoms with Crippen LogP contribution in [0.3, 0.4) is 0 Å². The first-order chi connectivity index (χ1) is 28.9. The van der Waals surface area contributed by atoms with Crippen molar-refractivity contribution in [2.45, 2.75) is 60.7 Å². The first-order valence-electron chi connectivity index (χ1n) is 19.5. The van der Waals surface area contributed by atoms with Gasteiger partial charge in [-0.15, -0.1) is 0 Å². The van der Waals surface area contributed by atoms with E-state index in [-0.39, 0.29) is 12.1 Å². The zero-order valence-electron chi connectivity index (χ0n) is 33.4. The lowest BCUT2D eigenvalue weighted by Crippen LogP contribution is -2.51. The van der Waals surface area contributed by atoms with E-state index in [1.807, 2.05) is 84.9 Å². The summed E-state index contributed by atoms with van der Waals surface area (Å²) in [5, 5.41) is 1.16. The number of ether oxygens (including phenoxy) is 4. The van der Waals surface area contributed by atoms with Crippen LogP contribution in [0.15, 0.2) is 109 Å². The van der Waals surface area contributed by atoms with E-state index < -0.39 is 70.4 Å². The normalized spacial score (nSPS) is 27.6. The molecule has 0 spiro atoms. The number of benzene rings is 4. The Hall–Kier alpha value is -5.72. The summed E-state index contributed by atoms with van der Waals surface area (Å²) in [5.74, 6) is -6.83. The van der Waals surface area contributed by atoms with Gasteiger partial charge in [0, 0.05) is 21.9 Å². The highest BCUT2D eigenvalue weighted by atomic mass is 35.5. The van der Waals surface area contributed by atoms with Gasteiger partial charge in [-0.25, -0.2) is 9.59 Å². The van der Waals surface area contributed by atoms with Gasteiger partial charge in [-0.3, -0.25) is 19.2 Å². The summed E-state index contributed by atoms with van der Waals surface area (Å²) >= 11 is 12.1. The lowest BCUT2D eigenvalue weighted by Gasteiger charge is -2.36. The molecule has 60 heavy (non-hydrogen) atoms. The molecule has 4 aliphatic rings. The smallest absolute Gasteiger partial charge is 0.332 e. The fourth-order valence-electron chi connectivity index (χ4n) is 10.2. The molecule has 0 bridgehead atoms. The number of esters is 4. The highest BCUT2D eigenvalue weighted by Crippen LogP contribution is 2.60. The molecular weight excluding hydrogens is 811 g/mol. The minimum absolute atomic E-state index is 0.366. The number of fused-ring (bicyclic) bond motifs is 2. The highest BCUT2D eigenvalue weighted by molar-refractivity contribution is 6.30. The molecular formula is C46H44Cl2N2O10. The molecule has 312 valence electrons. The molecule has 4 saturated heterocycles. The van der Waals surface area contributed by atoms with E-state index in [1.54, 1.807) is 34.1 Å². The number of methoxy groups -OCH3 is 4. The van der Waals surface area contributed by atoms with Crippen LogP contribution >= 0.6 is 23.2 Å². The minimum atomic E-state index is -1.28. The van der Waals surface area contributed by atoms with Crippen LogP contribution in [0, 0.1) is 11.8 Å². The molecule has 2 amide bonds. The topological polar surface area (TPSA) is 146 Å². The fraction of sp³-hybridized carbons (Fsp3) is 0.348. The van der Waals surface area contributed by atoms with Gasteiger partial charge in [0.2, 0.25) is 11.8 Å². The Morgan fingerprint density at radius 3 is 1.13 bits per heavy atom. The fourth-order valence-corrected chi connectivity index (χ4v) is 10.5. The average molecular weight is 856 g/mol. The van der Waals surface area contributed by atoms with Crippen LogP contribution in [0.25, 0.3) is 0 Å². The van der Waals surface area contributed by atoms with Crippen LogP contribution in [-0.4, -0.2) is 85.0 Å². The third-order valence-corrected chi connectivity index (χ3v) is 13.1. The molecule has 4 aliphatic heterocycles. The first-order valence-corrected chi connectivity index (χ1v) is 20.3. The van der Waals surface area contributed by atoms with Crippen molar-refractivity contribution in [2.75, 3.05) is 28.4 Å². The molecule has 0 radical (unpaired) electrons. The predicted octanol–water partition coefficient (Wildman–Crippen LogP) is 7.00. The van der Waals surface area contributed by atoms with E-state index in [0.717, 1.165) is 22.3 Å². The summed E-state index contributed by atoms with van der Waals surface area (Å²) in [6.07, 6.45) is 1.90. The van der Waals surface area contributed by atoms with Gasteiger partial charge in [-0.05, 0) is 72.2 Å². The Kier molecular flexibility index (Phi) is 12.1. The SMILES string of the molecule is COC(=O)[C@H]1C(=O)N2[C@H](c3ccc(Cl)cc3)CC[C@]2(C(=O)OC)[C@@H]1c1ccccc1.COC(=O)[C@H]1C(=O)N2[C@H](c3ccc(Cl)cc3)CC[C@]2(C(=O)OC)[C@@H]1c1ccccc1. The Balaban J connectivity index is 0.000000181. The van der Waals surface area contributed by atoms with Crippen molar-refractivity contribution in [1.29, 1.82) is 0 Å². The maximum absolute atomic E-state index is 13.6. The first kappa shape index (κ1) is 42.4. The molecule has 4 aromatic rings. The summed E-state index contributed by atoms with van der Waals surface area (Å²) in [7, 11) is 5.12. The molecule has 8 rings (SSSR count).